The van der Waals surface area contributed by atoms with Crippen LogP contribution >= 0.6 is 11.8 Å². The van der Waals surface area contributed by atoms with Gasteiger partial charge in [0.1, 0.15) is 0 Å². The third kappa shape index (κ3) is 4.85. The Morgan fingerprint density at radius 3 is 2.94 bits per heavy atom. The fourth-order valence-corrected chi connectivity index (χ4v) is 2.46. The van der Waals surface area contributed by atoms with E-state index in [1.807, 2.05) is 6.26 Å². The Hall–Kier alpha value is -0.910. The summed E-state index contributed by atoms with van der Waals surface area (Å²) in [4.78, 5) is 24.1. The molecule has 0 aromatic carbocycles. The molecule has 1 atom stereocenters. The van der Waals surface area contributed by atoms with Crippen LogP contribution in [0.25, 0.3) is 0 Å². The molecule has 1 fully saturated rings. The molecule has 0 aromatic heterocycles. The molecule has 1 unspecified atom stereocenters. The standard InChI is InChI=1S/C11H20N2O3S/c1-17-7-3-5-12-11(16)13-6-2-4-9(13)8-10(14)15/h9H,2-8H2,1H3,(H,12,16)(H,14,15). The molecule has 2 amide bonds. The van der Waals surface area contributed by atoms with Gasteiger partial charge in [-0.3, -0.25) is 4.79 Å². The summed E-state index contributed by atoms with van der Waals surface area (Å²) in [6.07, 6.45) is 4.73. The number of carboxylic acid groups (broad SMARTS) is 1. The Balaban J connectivity index is 2.31. The second-order valence-electron chi connectivity index (χ2n) is 4.17. The number of amides is 2. The van der Waals surface area contributed by atoms with Crippen LogP contribution in [0.4, 0.5) is 4.79 Å². The van der Waals surface area contributed by atoms with Gasteiger partial charge in [0.05, 0.1) is 6.42 Å². The van der Waals surface area contributed by atoms with Crippen molar-refractivity contribution in [1.29, 1.82) is 0 Å². The van der Waals surface area contributed by atoms with Crippen molar-refractivity contribution < 1.29 is 14.7 Å². The normalized spacial score (nSPS) is 19.4. The van der Waals surface area contributed by atoms with Crippen LogP contribution in [0.2, 0.25) is 0 Å². The predicted molar refractivity (Wildman–Crippen MR) is 68.4 cm³/mol. The number of hydrogen-bond acceptors (Lipinski definition) is 3. The van der Waals surface area contributed by atoms with Crippen LogP contribution in [-0.2, 0) is 4.79 Å². The van der Waals surface area contributed by atoms with E-state index in [-0.39, 0.29) is 18.5 Å². The Kier molecular flexibility index (Phi) is 6.18. The highest BCUT2D eigenvalue weighted by Crippen LogP contribution is 2.19. The van der Waals surface area contributed by atoms with Crippen molar-refractivity contribution in [3.63, 3.8) is 0 Å². The van der Waals surface area contributed by atoms with Gasteiger partial charge in [0.25, 0.3) is 0 Å². The van der Waals surface area contributed by atoms with Gasteiger partial charge in [-0.05, 0) is 31.3 Å². The highest BCUT2D eigenvalue weighted by molar-refractivity contribution is 7.98. The molecule has 0 aliphatic carbocycles. The lowest BCUT2D eigenvalue weighted by molar-refractivity contribution is -0.137. The highest BCUT2D eigenvalue weighted by Gasteiger charge is 2.29. The third-order valence-corrected chi connectivity index (χ3v) is 3.55. The van der Waals surface area contributed by atoms with Gasteiger partial charge in [0.15, 0.2) is 0 Å². The summed E-state index contributed by atoms with van der Waals surface area (Å²) in [6, 6.07) is -0.247. The van der Waals surface area contributed by atoms with Crippen molar-refractivity contribution >= 4 is 23.8 Å². The number of nitrogens with one attached hydrogen (secondary N) is 1. The van der Waals surface area contributed by atoms with E-state index >= 15 is 0 Å². The Morgan fingerprint density at radius 2 is 2.29 bits per heavy atom. The third-order valence-electron chi connectivity index (χ3n) is 2.85. The van der Waals surface area contributed by atoms with E-state index in [9.17, 15) is 9.59 Å². The molecule has 2 N–H and O–H groups in total. The van der Waals surface area contributed by atoms with Crippen LogP contribution < -0.4 is 5.32 Å². The van der Waals surface area contributed by atoms with Crippen LogP contribution in [0.1, 0.15) is 25.7 Å². The van der Waals surface area contributed by atoms with Gasteiger partial charge in [-0.1, -0.05) is 0 Å². The smallest absolute Gasteiger partial charge is 0.317 e. The molecule has 17 heavy (non-hydrogen) atoms. The number of hydrogen-bond donors (Lipinski definition) is 2. The van der Waals surface area contributed by atoms with Gasteiger partial charge in [-0.25, -0.2) is 4.79 Å². The Bertz CT molecular complexity index is 273. The molecule has 1 rings (SSSR count). The maximum Gasteiger partial charge on any atom is 0.317 e. The minimum absolute atomic E-state index is 0.0538. The Labute approximate surface area is 106 Å². The maximum atomic E-state index is 11.8. The molecule has 98 valence electrons. The van der Waals surface area contributed by atoms with E-state index in [0.717, 1.165) is 25.0 Å². The molecule has 5 nitrogen and oxygen atoms in total. The monoisotopic (exact) mass is 260 g/mol. The quantitative estimate of drug-likeness (QED) is 0.708. The van der Waals surface area contributed by atoms with Crippen molar-refractivity contribution in [3.05, 3.63) is 0 Å². The predicted octanol–water partition coefficient (Wildman–Crippen LogP) is 1.39. The largest absolute Gasteiger partial charge is 0.481 e. The summed E-state index contributed by atoms with van der Waals surface area (Å²) in [7, 11) is 0. The number of nitrogens with zero attached hydrogens (tertiary/aromatic N) is 1. The summed E-state index contributed by atoms with van der Waals surface area (Å²) in [5.41, 5.74) is 0. The fourth-order valence-electron chi connectivity index (χ4n) is 2.03. The van der Waals surface area contributed by atoms with Crippen LogP contribution in [0.15, 0.2) is 0 Å². The fraction of sp³-hybridized carbons (Fsp3) is 0.818. The van der Waals surface area contributed by atoms with E-state index in [0.29, 0.717) is 13.1 Å². The van der Waals surface area contributed by atoms with E-state index < -0.39 is 5.97 Å². The van der Waals surface area contributed by atoms with E-state index in [1.54, 1.807) is 16.7 Å². The lowest BCUT2D eigenvalue weighted by atomic mass is 10.1. The zero-order valence-corrected chi connectivity index (χ0v) is 11.0. The molecule has 1 aliphatic rings. The molecule has 0 spiro atoms. The first-order valence-corrected chi connectivity index (χ1v) is 7.29. The van der Waals surface area contributed by atoms with Gasteiger partial charge in [0.2, 0.25) is 0 Å². The zero-order valence-electron chi connectivity index (χ0n) is 10.1. The van der Waals surface area contributed by atoms with Gasteiger partial charge in [-0.2, -0.15) is 11.8 Å². The number of carbonyl (C=O) groups excluding carboxylic acids is 1. The second kappa shape index (κ2) is 7.42. The van der Waals surface area contributed by atoms with E-state index in [2.05, 4.69) is 5.32 Å². The van der Waals surface area contributed by atoms with Gasteiger partial charge < -0.3 is 15.3 Å². The molecule has 1 aliphatic heterocycles. The molecule has 6 heteroatoms. The average Bonchev–Trinajstić information content (AvgIpc) is 2.71. The topological polar surface area (TPSA) is 69.6 Å². The van der Waals surface area contributed by atoms with Crippen molar-refractivity contribution in [2.45, 2.75) is 31.7 Å². The average molecular weight is 260 g/mol. The van der Waals surface area contributed by atoms with Gasteiger partial charge >= 0.3 is 12.0 Å². The zero-order chi connectivity index (χ0) is 12.7. The van der Waals surface area contributed by atoms with Crippen molar-refractivity contribution in [2.75, 3.05) is 25.1 Å². The van der Waals surface area contributed by atoms with E-state index in [4.69, 9.17) is 5.11 Å². The molecule has 0 aromatic rings. The minimum Gasteiger partial charge on any atom is -0.481 e. The summed E-state index contributed by atoms with van der Waals surface area (Å²) in [5, 5.41) is 11.6. The lowest BCUT2D eigenvalue weighted by Crippen LogP contribution is -2.43. The lowest BCUT2D eigenvalue weighted by Gasteiger charge is -2.23. The summed E-state index contributed by atoms with van der Waals surface area (Å²) in [6.45, 7) is 1.34. The summed E-state index contributed by atoms with van der Waals surface area (Å²) >= 11 is 1.75. The molecule has 0 radical (unpaired) electrons. The molecule has 0 bridgehead atoms. The second-order valence-corrected chi connectivity index (χ2v) is 5.15. The number of rotatable bonds is 6. The van der Waals surface area contributed by atoms with Crippen molar-refractivity contribution in [2.24, 2.45) is 0 Å². The van der Waals surface area contributed by atoms with Crippen molar-refractivity contribution in [1.82, 2.24) is 10.2 Å². The van der Waals surface area contributed by atoms with Crippen LogP contribution in [-0.4, -0.2) is 53.1 Å². The molecule has 1 heterocycles. The maximum absolute atomic E-state index is 11.8. The first kappa shape index (κ1) is 14.2. The number of thioether (sulfide) groups is 1. The summed E-state index contributed by atoms with van der Waals surface area (Å²) in [5.74, 6) is 0.191. The van der Waals surface area contributed by atoms with Crippen LogP contribution in [0.3, 0.4) is 0 Å². The number of likely N-dealkylation sites (tertiary alicyclic amines) is 1. The van der Waals surface area contributed by atoms with Crippen LogP contribution in [0.5, 0.6) is 0 Å². The molecular formula is C11H20N2O3S. The number of carboxylic acids is 1. The first-order valence-electron chi connectivity index (χ1n) is 5.90. The molecular weight excluding hydrogens is 240 g/mol. The molecule has 0 saturated carbocycles. The number of urea groups is 1. The van der Waals surface area contributed by atoms with Crippen molar-refractivity contribution in [3.8, 4) is 0 Å². The van der Waals surface area contributed by atoms with Crippen LogP contribution in [0, 0.1) is 0 Å². The first-order chi connectivity index (χ1) is 8.15. The van der Waals surface area contributed by atoms with E-state index in [1.165, 1.54) is 0 Å². The Morgan fingerprint density at radius 1 is 1.53 bits per heavy atom. The number of aliphatic carboxylic acids is 1. The van der Waals surface area contributed by atoms with Gasteiger partial charge in [-0.15, -0.1) is 0 Å². The molecule has 1 saturated heterocycles. The minimum atomic E-state index is -0.836. The summed E-state index contributed by atoms with van der Waals surface area (Å²) < 4.78 is 0. The highest BCUT2D eigenvalue weighted by atomic mass is 32.2. The number of carbonyl (C=O) groups is 2. The SMILES string of the molecule is CSCCCNC(=O)N1CCCC1CC(=O)O. The van der Waals surface area contributed by atoms with Gasteiger partial charge in [0, 0.05) is 19.1 Å².